The van der Waals surface area contributed by atoms with Crippen molar-refractivity contribution in [3.05, 3.63) is 90.3 Å². The van der Waals surface area contributed by atoms with E-state index in [0.29, 0.717) is 6.54 Å². The lowest BCUT2D eigenvalue weighted by Crippen LogP contribution is -2.66. The molecule has 1 aromatic heterocycles. The summed E-state index contributed by atoms with van der Waals surface area (Å²) in [7, 11) is -2.60. The van der Waals surface area contributed by atoms with Gasteiger partial charge in [-0.05, 0) is 41.0 Å². The number of nitrogens with two attached hydrogens (primary N) is 1. The lowest BCUT2D eigenvalue weighted by molar-refractivity contribution is 0.206. The van der Waals surface area contributed by atoms with Crippen molar-refractivity contribution in [3.63, 3.8) is 0 Å². The van der Waals surface area contributed by atoms with E-state index in [1.165, 1.54) is 10.4 Å². The predicted molar refractivity (Wildman–Crippen MR) is 124 cm³/mol. The maximum Gasteiger partial charge on any atom is 0.261 e. The third-order valence-corrected chi connectivity index (χ3v) is 10.5. The van der Waals surface area contributed by atoms with E-state index in [0.717, 1.165) is 17.8 Å². The Morgan fingerprint density at radius 2 is 1.41 bits per heavy atom. The molecule has 29 heavy (non-hydrogen) atoms. The standard InChI is InChI=1S/C25H32N2OSi/c1-20(24-17-11-12-21(27-24)18-19-26)28-29(25(2,3)4,22-13-7-5-8-14-22)23-15-9-6-10-16-23/h5-17,20H,18-19,26H2,1-4H3. The summed E-state index contributed by atoms with van der Waals surface area (Å²) in [5.41, 5.74) is 7.71. The van der Waals surface area contributed by atoms with Gasteiger partial charge in [0.1, 0.15) is 0 Å². The topological polar surface area (TPSA) is 48.1 Å². The Hall–Kier alpha value is -2.27. The van der Waals surface area contributed by atoms with Gasteiger partial charge in [0.2, 0.25) is 0 Å². The number of pyridine rings is 1. The number of nitrogens with zero attached hydrogens (tertiary/aromatic N) is 1. The van der Waals surface area contributed by atoms with Crippen molar-refractivity contribution >= 4 is 18.7 Å². The molecule has 1 unspecified atom stereocenters. The molecule has 2 N–H and O–H groups in total. The summed E-state index contributed by atoms with van der Waals surface area (Å²) < 4.78 is 7.14. The van der Waals surface area contributed by atoms with Gasteiger partial charge in [-0.1, -0.05) is 87.5 Å². The van der Waals surface area contributed by atoms with Gasteiger partial charge in [-0.15, -0.1) is 0 Å². The zero-order valence-corrected chi connectivity index (χ0v) is 18.9. The first-order valence-corrected chi connectivity index (χ1v) is 12.2. The average molecular weight is 405 g/mol. The maximum absolute atomic E-state index is 7.14. The van der Waals surface area contributed by atoms with Gasteiger partial charge in [0.05, 0.1) is 11.8 Å². The van der Waals surface area contributed by atoms with Crippen molar-refractivity contribution in [2.75, 3.05) is 6.54 Å². The van der Waals surface area contributed by atoms with Gasteiger partial charge in [-0.25, -0.2) is 0 Å². The molecule has 0 amide bonds. The second-order valence-electron chi connectivity index (χ2n) is 8.52. The quantitative estimate of drug-likeness (QED) is 0.600. The summed E-state index contributed by atoms with van der Waals surface area (Å²) in [6.45, 7) is 9.60. The van der Waals surface area contributed by atoms with Crippen LogP contribution in [-0.2, 0) is 10.8 Å². The minimum Gasteiger partial charge on any atom is -0.399 e. The lowest BCUT2D eigenvalue weighted by atomic mass is 10.2. The van der Waals surface area contributed by atoms with Crippen molar-refractivity contribution < 1.29 is 4.43 Å². The molecule has 0 aliphatic heterocycles. The first kappa shape index (κ1) is 21.4. The van der Waals surface area contributed by atoms with Gasteiger partial charge in [-0.3, -0.25) is 4.98 Å². The molecule has 2 aromatic carbocycles. The number of hydrogen-bond donors (Lipinski definition) is 1. The number of aromatic nitrogens is 1. The summed E-state index contributed by atoms with van der Waals surface area (Å²) >= 11 is 0. The Morgan fingerprint density at radius 3 is 1.90 bits per heavy atom. The van der Waals surface area contributed by atoms with Crippen LogP contribution in [0.1, 0.15) is 45.2 Å². The van der Waals surface area contributed by atoms with E-state index in [1.807, 2.05) is 6.07 Å². The molecule has 0 radical (unpaired) electrons. The van der Waals surface area contributed by atoms with Gasteiger partial charge >= 0.3 is 0 Å². The Balaban J connectivity index is 2.12. The monoisotopic (exact) mass is 404 g/mol. The predicted octanol–water partition coefficient (Wildman–Crippen LogP) is 4.22. The lowest BCUT2D eigenvalue weighted by Gasteiger charge is -2.44. The van der Waals surface area contributed by atoms with Gasteiger partial charge in [-0.2, -0.15) is 0 Å². The fourth-order valence-corrected chi connectivity index (χ4v) is 8.69. The van der Waals surface area contributed by atoms with Crippen LogP contribution in [0.4, 0.5) is 0 Å². The van der Waals surface area contributed by atoms with Crippen LogP contribution in [0.5, 0.6) is 0 Å². The van der Waals surface area contributed by atoms with E-state index in [-0.39, 0.29) is 11.1 Å². The van der Waals surface area contributed by atoms with E-state index in [4.69, 9.17) is 15.1 Å². The van der Waals surface area contributed by atoms with Crippen molar-refractivity contribution in [1.82, 2.24) is 4.98 Å². The molecule has 0 saturated heterocycles. The molecule has 0 bridgehead atoms. The van der Waals surface area contributed by atoms with Crippen LogP contribution in [0.3, 0.4) is 0 Å². The number of rotatable bonds is 7. The molecule has 152 valence electrons. The number of hydrogen-bond acceptors (Lipinski definition) is 3. The minimum absolute atomic E-state index is 0.0567. The fraction of sp³-hybridized carbons (Fsp3) is 0.320. The summed E-state index contributed by atoms with van der Waals surface area (Å²) in [5.74, 6) is 0. The van der Waals surface area contributed by atoms with Crippen molar-refractivity contribution in [2.45, 2.75) is 45.3 Å². The van der Waals surface area contributed by atoms with E-state index < -0.39 is 8.32 Å². The van der Waals surface area contributed by atoms with Crippen molar-refractivity contribution in [3.8, 4) is 0 Å². The second-order valence-corrected chi connectivity index (χ2v) is 12.8. The van der Waals surface area contributed by atoms with E-state index in [2.05, 4.69) is 100 Å². The van der Waals surface area contributed by atoms with Crippen molar-refractivity contribution in [2.24, 2.45) is 5.73 Å². The van der Waals surface area contributed by atoms with Crippen LogP contribution in [0.2, 0.25) is 5.04 Å². The molecule has 3 nitrogen and oxygen atoms in total. The van der Waals surface area contributed by atoms with Crippen LogP contribution < -0.4 is 16.1 Å². The Bertz CT molecular complexity index is 867. The highest BCUT2D eigenvalue weighted by Gasteiger charge is 2.51. The molecule has 0 aliphatic carbocycles. The minimum atomic E-state index is -2.60. The average Bonchev–Trinajstić information content (AvgIpc) is 2.72. The molecule has 0 saturated carbocycles. The Morgan fingerprint density at radius 1 is 0.862 bits per heavy atom. The molecule has 1 atom stereocenters. The van der Waals surface area contributed by atoms with Gasteiger partial charge in [0.15, 0.2) is 0 Å². The SMILES string of the molecule is CC(O[Si](c1ccccc1)(c1ccccc1)C(C)(C)C)c1cccc(CCN)n1. The highest BCUT2D eigenvalue weighted by Crippen LogP contribution is 2.39. The molecule has 4 heteroatoms. The summed E-state index contributed by atoms with van der Waals surface area (Å²) in [5, 5.41) is 2.51. The number of benzene rings is 2. The third-order valence-electron chi connectivity index (χ3n) is 5.42. The van der Waals surface area contributed by atoms with Crippen molar-refractivity contribution in [1.29, 1.82) is 0 Å². The van der Waals surface area contributed by atoms with E-state index in [9.17, 15) is 0 Å². The molecule has 3 rings (SSSR count). The zero-order chi connectivity index (χ0) is 20.9. The van der Waals surface area contributed by atoms with E-state index in [1.54, 1.807) is 0 Å². The first-order chi connectivity index (χ1) is 13.9. The Labute approximate surface area is 176 Å². The van der Waals surface area contributed by atoms with Crippen LogP contribution in [0.15, 0.2) is 78.9 Å². The van der Waals surface area contributed by atoms with Gasteiger partial charge in [0, 0.05) is 12.1 Å². The molecular formula is C25H32N2OSi. The van der Waals surface area contributed by atoms with Gasteiger partial charge < -0.3 is 10.2 Å². The summed E-state index contributed by atoms with van der Waals surface area (Å²) in [6.07, 6.45) is 0.652. The smallest absolute Gasteiger partial charge is 0.261 e. The van der Waals surface area contributed by atoms with Crippen LogP contribution in [0.25, 0.3) is 0 Å². The van der Waals surface area contributed by atoms with Crippen LogP contribution in [0, 0.1) is 0 Å². The fourth-order valence-electron chi connectivity index (χ4n) is 4.03. The summed E-state index contributed by atoms with van der Waals surface area (Å²) in [4.78, 5) is 4.83. The largest absolute Gasteiger partial charge is 0.399 e. The van der Waals surface area contributed by atoms with E-state index >= 15 is 0 Å². The Kier molecular flexibility index (Phi) is 6.68. The molecule has 0 fully saturated rings. The highest BCUT2D eigenvalue weighted by atomic mass is 28.4. The molecule has 1 heterocycles. The first-order valence-electron chi connectivity index (χ1n) is 10.3. The zero-order valence-electron chi connectivity index (χ0n) is 17.9. The highest BCUT2D eigenvalue weighted by molar-refractivity contribution is 6.99. The molecular weight excluding hydrogens is 372 g/mol. The molecule has 3 aromatic rings. The third kappa shape index (κ3) is 4.50. The molecule has 0 spiro atoms. The summed E-state index contributed by atoms with van der Waals surface area (Å²) in [6, 6.07) is 27.6. The van der Waals surface area contributed by atoms with Crippen LogP contribution >= 0.6 is 0 Å². The second kappa shape index (κ2) is 9.03. The maximum atomic E-state index is 7.14. The molecule has 0 aliphatic rings. The normalized spacial score (nSPS) is 13.3. The van der Waals surface area contributed by atoms with Crippen LogP contribution in [-0.4, -0.2) is 19.8 Å². The van der Waals surface area contributed by atoms with Gasteiger partial charge in [0.25, 0.3) is 8.32 Å².